The maximum absolute atomic E-state index is 9.78. The molecule has 0 aliphatic heterocycles. The molecule has 0 spiro atoms. The van der Waals surface area contributed by atoms with Crippen LogP contribution in [0.1, 0.15) is 23.6 Å². The largest absolute Gasteiger partial charge is 0.192 e. The Morgan fingerprint density at radius 1 is 0.552 bits per heavy atom. The minimum atomic E-state index is 0.132. The van der Waals surface area contributed by atoms with Crippen LogP contribution in [-0.4, -0.2) is 0 Å². The summed E-state index contributed by atoms with van der Waals surface area (Å²) >= 11 is 0. The van der Waals surface area contributed by atoms with E-state index in [4.69, 9.17) is 0 Å². The highest BCUT2D eigenvalue weighted by Crippen LogP contribution is 2.51. The monoisotopic (exact) mass is 370 g/mol. The molecule has 0 atom stereocenters. The van der Waals surface area contributed by atoms with Gasteiger partial charge in [-0.2, -0.15) is 10.5 Å². The van der Waals surface area contributed by atoms with E-state index in [1.54, 1.807) is 0 Å². The molecule has 0 bridgehead atoms. The van der Waals surface area contributed by atoms with E-state index in [0.717, 1.165) is 39.0 Å². The first-order valence-corrected chi connectivity index (χ1v) is 9.43. The zero-order valence-corrected chi connectivity index (χ0v) is 16.1. The molecule has 0 saturated heterocycles. The molecule has 0 radical (unpaired) electrons. The summed E-state index contributed by atoms with van der Waals surface area (Å²) in [6, 6.07) is 34.4. The Morgan fingerprint density at radius 2 is 0.931 bits per heavy atom. The van der Waals surface area contributed by atoms with E-state index in [-0.39, 0.29) is 5.57 Å². The molecule has 0 amide bonds. The highest BCUT2D eigenvalue weighted by atomic mass is 14.4. The van der Waals surface area contributed by atoms with Crippen LogP contribution in [0.4, 0.5) is 0 Å². The Bertz CT molecular complexity index is 1210. The lowest BCUT2D eigenvalue weighted by Crippen LogP contribution is -1.95. The summed E-state index contributed by atoms with van der Waals surface area (Å²) in [4.78, 5) is 0. The van der Waals surface area contributed by atoms with Crippen LogP contribution in [0, 0.1) is 22.7 Å². The predicted octanol–water partition coefficient (Wildman–Crippen LogP) is 6.43. The van der Waals surface area contributed by atoms with Crippen molar-refractivity contribution in [1.29, 1.82) is 10.5 Å². The lowest BCUT2D eigenvalue weighted by atomic mass is 9.88. The molecule has 136 valence electrons. The third-order valence-corrected chi connectivity index (χ3v) is 5.16. The zero-order chi connectivity index (χ0) is 20.2. The smallest absolute Gasteiger partial charge is 0.138 e. The molecule has 0 fully saturated rings. The van der Waals surface area contributed by atoms with E-state index in [1.165, 1.54) is 0 Å². The van der Waals surface area contributed by atoms with Gasteiger partial charge in [-0.3, -0.25) is 0 Å². The van der Waals surface area contributed by atoms with Crippen LogP contribution in [0.2, 0.25) is 0 Å². The summed E-state index contributed by atoms with van der Waals surface area (Å²) in [6.45, 7) is 2.08. The van der Waals surface area contributed by atoms with Crippen LogP contribution in [0.5, 0.6) is 0 Å². The van der Waals surface area contributed by atoms with Crippen molar-refractivity contribution in [1.82, 2.24) is 0 Å². The fourth-order valence-electron chi connectivity index (χ4n) is 3.96. The minimum Gasteiger partial charge on any atom is -0.192 e. The summed E-state index contributed by atoms with van der Waals surface area (Å²) in [6.07, 6.45) is 0. The summed E-state index contributed by atoms with van der Waals surface area (Å²) in [5.74, 6) is 0. The highest BCUT2D eigenvalue weighted by Gasteiger charge is 2.32. The molecule has 1 aliphatic rings. The highest BCUT2D eigenvalue weighted by molar-refractivity contribution is 6.21. The SMILES string of the molecule is CC1=C(c2ccccc2)C(=C(C#N)C#N)C(c2ccccc2)=C1c1ccccc1. The molecule has 0 heterocycles. The van der Waals surface area contributed by atoms with Gasteiger partial charge in [0.25, 0.3) is 0 Å². The summed E-state index contributed by atoms with van der Waals surface area (Å²) < 4.78 is 0. The van der Waals surface area contributed by atoms with E-state index < -0.39 is 0 Å². The topological polar surface area (TPSA) is 47.6 Å². The second-order valence-corrected chi connectivity index (χ2v) is 6.82. The Morgan fingerprint density at radius 3 is 1.34 bits per heavy atom. The number of benzene rings is 3. The van der Waals surface area contributed by atoms with Gasteiger partial charge in [-0.15, -0.1) is 0 Å². The van der Waals surface area contributed by atoms with Crippen LogP contribution in [0.25, 0.3) is 16.7 Å². The lowest BCUT2D eigenvalue weighted by Gasteiger charge is -2.13. The molecule has 2 nitrogen and oxygen atoms in total. The van der Waals surface area contributed by atoms with Gasteiger partial charge in [0.15, 0.2) is 0 Å². The molecule has 0 unspecified atom stereocenters. The van der Waals surface area contributed by atoms with Gasteiger partial charge in [-0.05, 0) is 45.9 Å². The fraction of sp³-hybridized carbons (Fsp3) is 0.0370. The van der Waals surface area contributed by atoms with E-state index in [0.29, 0.717) is 5.57 Å². The van der Waals surface area contributed by atoms with Crippen LogP contribution < -0.4 is 0 Å². The first-order chi connectivity index (χ1) is 14.3. The number of nitrogens with zero attached hydrogens (tertiary/aromatic N) is 2. The summed E-state index contributed by atoms with van der Waals surface area (Å²) in [7, 11) is 0. The average Bonchev–Trinajstić information content (AvgIpc) is 3.09. The molecular formula is C27H18N2. The molecule has 0 aromatic heterocycles. The van der Waals surface area contributed by atoms with Crippen molar-refractivity contribution in [2.45, 2.75) is 6.92 Å². The Hall–Kier alpha value is -4.14. The van der Waals surface area contributed by atoms with Gasteiger partial charge >= 0.3 is 0 Å². The molecule has 2 heteroatoms. The van der Waals surface area contributed by atoms with Gasteiger partial charge in [-0.1, -0.05) is 91.0 Å². The summed E-state index contributed by atoms with van der Waals surface area (Å²) in [5.41, 5.74) is 7.93. The predicted molar refractivity (Wildman–Crippen MR) is 117 cm³/mol. The van der Waals surface area contributed by atoms with Crippen molar-refractivity contribution in [2.75, 3.05) is 0 Å². The summed E-state index contributed by atoms with van der Waals surface area (Å²) in [5, 5.41) is 19.6. The number of hydrogen-bond acceptors (Lipinski definition) is 2. The average molecular weight is 370 g/mol. The Kier molecular flexibility index (Phi) is 4.93. The van der Waals surface area contributed by atoms with Crippen molar-refractivity contribution >= 4 is 16.7 Å². The molecular weight excluding hydrogens is 352 g/mol. The molecule has 0 N–H and O–H groups in total. The van der Waals surface area contributed by atoms with Crippen molar-refractivity contribution in [3.05, 3.63) is 124 Å². The van der Waals surface area contributed by atoms with Crippen LogP contribution in [0.3, 0.4) is 0 Å². The number of nitriles is 2. The van der Waals surface area contributed by atoms with Crippen molar-refractivity contribution < 1.29 is 0 Å². The maximum Gasteiger partial charge on any atom is 0.138 e. The number of hydrogen-bond donors (Lipinski definition) is 0. The van der Waals surface area contributed by atoms with E-state index in [2.05, 4.69) is 31.2 Å². The van der Waals surface area contributed by atoms with Crippen molar-refractivity contribution in [3.63, 3.8) is 0 Å². The Labute approximate surface area is 171 Å². The first-order valence-electron chi connectivity index (χ1n) is 9.43. The van der Waals surface area contributed by atoms with Gasteiger partial charge in [0, 0.05) is 5.57 Å². The second-order valence-electron chi connectivity index (χ2n) is 6.82. The third-order valence-electron chi connectivity index (χ3n) is 5.16. The van der Waals surface area contributed by atoms with Crippen LogP contribution in [-0.2, 0) is 0 Å². The second kappa shape index (κ2) is 7.85. The third kappa shape index (κ3) is 3.18. The fourth-order valence-corrected chi connectivity index (χ4v) is 3.96. The molecule has 0 saturated carbocycles. The van der Waals surface area contributed by atoms with Crippen molar-refractivity contribution in [2.24, 2.45) is 0 Å². The van der Waals surface area contributed by atoms with Crippen molar-refractivity contribution in [3.8, 4) is 12.1 Å². The van der Waals surface area contributed by atoms with Crippen LogP contribution in [0.15, 0.2) is 108 Å². The maximum atomic E-state index is 9.78. The Balaban J connectivity index is 2.14. The minimum absolute atomic E-state index is 0.132. The zero-order valence-electron chi connectivity index (χ0n) is 16.1. The molecule has 1 aliphatic carbocycles. The standard InChI is InChI=1S/C27H18N2/c1-19-24(20-11-5-2-6-12-20)26(22-15-9-4-10-16-22)27(23(17-28)18-29)25(19)21-13-7-3-8-14-21/h2-16H,1H3. The molecule has 29 heavy (non-hydrogen) atoms. The van der Waals surface area contributed by atoms with E-state index >= 15 is 0 Å². The number of rotatable bonds is 3. The van der Waals surface area contributed by atoms with Crippen LogP contribution >= 0.6 is 0 Å². The normalized spacial score (nSPS) is 13.3. The lowest BCUT2D eigenvalue weighted by molar-refractivity contribution is 1.44. The van der Waals surface area contributed by atoms with Gasteiger partial charge in [0.1, 0.15) is 17.7 Å². The van der Waals surface area contributed by atoms with E-state index in [1.807, 2.05) is 78.9 Å². The molecule has 3 aromatic carbocycles. The van der Waals surface area contributed by atoms with Gasteiger partial charge in [0.2, 0.25) is 0 Å². The first kappa shape index (κ1) is 18.2. The van der Waals surface area contributed by atoms with E-state index in [9.17, 15) is 10.5 Å². The molecule has 4 rings (SSSR count). The van der Waals surface area contributed by atoms with Gasteiger partial charge in [0.05, 0.1) is 0 Å². The number of allylic oxidation sites excluding steroid dienone is 6. The quantitative estimate of drug-likeness (QED) is 0.499. The van der Waals surface area contributed by atoms with Gasteiger partial charge in [-0.25, -0.2) is 0 Å². The molecule has 3 aromatic rings. The van der Waals surface area contributed by atoms with Gasteiger partial charge < -0.3 is 0 Å².